The summed E-state index contributed by atoms with van der Waals surface area (Å²) in [6.45, 7) is 8.44. The molecule has 2 heterocycles. The maximum atomic E-state index is 4.11. The van der Waals surface area contributed by atoms with Crippen molar-refractivity contribution in [3.8, 4) is 0 Å². The molecule has 0 N–H and O–H groups in total. The Bertz CT molecular complexity index is 360. The second-order valence-electron chi connectivity index (χ2n) is 3.41. The number of hydrogen-bond donors (Lipinski definition) is 0. The lowest BCUT2D eigenvalue weighted by molar-refractivity contribution is 0.803. The third-order valence-corrected chi connectivity index (χ3v) is 2.75. The minimum atomic E-state index is 0.234. The molecule has 1 unspecified atom stereocenters. The van der Waals surface area contributed by atoms with E-state index in [4.69, 9.17) is 0 Å². The zero-order valence-corrected chi connectivity index (χ0v) is 7.92. The fourth-order valence-electron chi connectivity index (χ4n) is 1.75. The third kappa shape index (κ3) is 0.709. The number of rotatable bonds is 0. The normalized spacial score (nSPS) is 20.2. The Morgan fingerprint density at radius 2 is 1.83 bits per heavy atom. The summed E-state index contributed by atoms with van der Waals surface area (Å²) < 4.78 is 1.95. The van der Waals surface area contributed by atoms with Gasteiger partial charge in [-0.3, -0.25) is 0 Å². The number of nitrogens with zero attached hydrogens (tertiary/aromatic N) is 3. The Labute approximate surface area is 72.1 Å². The van der Waals surface area contributed by atoms with Crippen molar-refractivity contribution in [3.05, 3.63) is 22.5 Å². The summed E-state index contributed by atoms with van der Waals surface area (Å²) in [6.07, 6.45) is 0. The average molecular weight is 163 g/mol. The number of hydrogen-bond acceptors (Lipinski definition) is 2. The molecular formula is C9H13N3. The number of aromatic nitrogens is 1. The van der Waals surface area contributed by atoms with Crippen LogP contribution in [0.15, 0.2) is 10.3 Å². The van der Waals surface area contributed by atoms with Crippen LogP contribution in [0.5, 0.6) is 0 Å². The molecular weight excluding hydrogens is 150 g/mol. The lowest BCUT2D eigenvalue weighted by atomic mass is 10.1. The summed E-state index contributed by atoms with van der Waals surface area (Å²) in [5.41, 5.74) is 5.15. The van der Waals surface area contributed by atoms with E-state index in [1.54, 1.807) is 0 Å². The third-order valence-electron chi connectivity index (χ3n) is 2.75. The molecule has 1 aromatic heterocycles. The van der Waals surface area contributed by atoms with Crippen LogP contribution in [0.4, 0.5) is 0 Å². The molecule has 1 aliphatic heterocycles. The van der Waals surface area contributed by atoms with Gasteiger partial charge in [-0.25, -0.2) is 4.68 Å². The van der Waals surface area contributed by atoms with Crippen molar-refractivity contribution in [1.82, 2.24) is 4.68 Å². The summed E-state index contributed by atoms with van der Waals surface area (Å²) in [6, 6.07) is 0.234. The van der Waals surface area contributed by atoms with Crippen LogP contribution >= 0.6 is 0 Å². The zero-order chi connectivity index (χ0) is 8.88. The van der Waals surface area contributed by atoms with Gasteiger partial charge >= 0.3 is 0 Å². The quantitative estimate of drug-likeness (QED) is 0.563. The molecule has 0 saturated carbocycles. The van der Waals surface area contributed by atoms with Crippen molar-refractivity contribution in [3.63, 3.8) is 0 Å². The lowest BCUT2D eigenvalue weighted by Gasteiger charge is -1.98. The molecule has 64 valence electrons. The molecule has 3 nitrogen and oxygen atoms in total. The minimum Gasteiger partial charge on any atom is -0.221 e. The highest BCUT2D eigenvalue weighted by atomic mass is 15.5. The van der Waals surface area contributed by atoms with E-state index in [1.165, 1.54) is 22.5 Å². The summed E-state index contributed by atoms with van der Waals surface area (Å²) >= 11 is 0. The van der Waals surface area contributed by atoms with Crippen LogP contribution in [-0.2, 0) is 0 Å². The van der Waals surface area contributed by atoms with E-state index >= 15 is 0 Å². The van der Waals surface area contributed by atoms with Crippen LogP contribution in [0.2, 0.25) is 0 Å². The topological polar surface area (TPSA) is 29.6 Å². The molecule has 1 aromatic rings. The van der Waals surface area contributed by atoms with Crippen molar-refractivity contribution in [2.24, 2.45) is 10.3 Å². The first-order valence-electron chi connectivity index (χ1n) is 4.22. The minimum absolute atomic E-state index is 0.234. The van der Waals surface area contributed by atoms with Gasteiger partial charge in [-0.05, 0) is 38.8 Å². The SMILES string of the molecule is Cc1c(C)c2n(c1C)N=NC2C. The van der Waals surface area contributed by atoms with Crippen molar-refractivity contribution < 1.29 is 0 Å². The largest absolute Gasteiger partial charge is 0.221 e. The van der Waals surface area contributed by atoms with E-state index in [0.29, 0.717) is 0 Å². The Morgan fingerprint density at radius 3 is 2.42 bits per heavy atom. The molecule has 0 amide bonds. The van der Waals surface area contributed by atoms with Gasteiger partial charge in [0.25, 0.3) is 0 Å². The zero-order valence-electron chi connectivity index (χ0n) is 7.92. The average Bonchev–Trinajstić information content (AvgIpc) is 2.51. The van der Waals surface area contributed by atoms with Gasteiger partial charge in [-0.2, -0.15) is 5.11 Å². The summed E-state index contributed by atoms with van der Waals surface area (Å²) in [5, 5.41) is 8.22. The predicted octanol–water partition coefficient (Wildman–Crippen LogP) is 2.70. The Morgan fingerprint density at radius 1 is 1.17 bits per heavy atom. The van der Waals surface area contributed by atoms with Crippen molar-refractivity contribution in [1.29, 1.82) is 0 Å². The summed E-state index contributed by atoms with van der Waals surface area (Å²) in [7, 11) is 0. The molecule has 3 heteroatoms. The van der Waals surface area contributed by atoms with E-state index in [9.17, 15) is 0 Å². The van der Waals surface area contributed by atoms with E-state index < -0.39 is 0 Å². The van der Waals surface area contributed by atoms with Gasteiger partial charge in [0, 0.05) is 5.69 Å². The highest BCUT2D eigenvalue weighted by Crippen LogP contribution is 2.32. The van der Waals surface area contributed by atoms with E-state index in [-0.39, 0.29) is 6.04 Å². The summed E-state index contributed by atoms with van der Waals surface area (Å²) in [5.74, 6) is 0. The summed E-state index contributed by atoms with van der Waals surface area (Å²) in [4.78, 5) is 0. The molecule has 1 atom stereocenters. The first kappa shape index (κ1) is 7.53. The molecule has 1 aliphatic rings. The maximum Gasteiger partial charge on any atom is 0.112 e. The molecule has 0 fully saturated rings. The van der Waals surface area contributed by atoms with Gasteiger partial charge in [-0.15, -0.1) is 0 Å². The second kappa shape index (κ2) is 2.19. The van der Waals surface area contributed by atoms with Crippen LogP contribution in [0.3, 0.4) is 0 Å². The lowest BCUT2D eigenvalue weighted by Crippen LogP contribution is -1.93. The Kier molecular flexibility index (Phi) is 1.37. The van der Waals surface area contributed by atoms with Gasteiger partial charge < -0.3 is 0 Å². The van der Waals surface area contributed by atoms with Crippen LogP contribution in [0.25, 0.3) is 0 Å². The van der Waals surface area contributed by atoms with Crippen LogP contribution in [0.1, 0.15) is 35.5 Å². The first-order valence-corrected chi connectivity index (χ1v) is 4.22. The van der Waals surface area contributed by atoms with E-state index in [1.807, 2.05) is 4.68 Å². The number of fused-ring (bicyclic) bond motifs is 1. The molecule has 0 saturated heterocycles. The fourth-order valence-corrected chi connectivity index (χ4v) is 1.75. The maximum absolute atomic E-state index is 4.11. The van der Waals surface area contributed by atoms with E-state index in [2.05, 4.69) is 38.0 Å². The molecule has 2 rings (SSSR count). The second-order valence-corrected chi connectivity index (χ2v) is 3.41. The standard InChI is InChI=1S/C9H13N3/c1-5-6(2)9-7(3)10-11-12(9)8(5)4/h7H,1-4H3. The van der Waals surface area contributed by atoms with Crippen molar-refractivity contribution >= 4 is 0 Å². The first-order chi connectivity index (χ1) is 5.63. The predicted molar refractivity (Wildman–Crippen MR) is 47.3 cm³/mol. The van der Waals surface area contributed by atoms with Crippen LogP contribution in [0, 0.1) is 20.8 Å². The van der Waals surface area contributed by atoms with Gasteiger partial charge in [0.05, 0.1) is 5.69 Å². The van der Waals surface area contributed by atoms with Crippen LogP contribution < -0.4 is 0 Å². The highest BCUT2D eigenvalue weighted by Gasteiger charge is 2.23. The Hall–Kier alpha value is -1.12. The Balaban J connectivity index is 2.74. The fraction of sp³-hybridized carbons (Fsp3) is 0.556. The smallest absolute Gasteiger partial charge is 0.112 e. The van der Waals surface area contributed by atoms with Gasteiger partial charge in [0.1, 0.15) is 6.04 Å². The van der Waals surface area contributed by atoms with Gasteiger partial charge in [0.15, 0.2) is 0 Å². The highest BCUT2D eigenvalue weighted by molar-refractivity contribution is 5.38. The molecule has 12 heavy (non-hydrogen) atoms. The van der Waals surface area contributed by atoms with Crippen molar-refractivity contribution in [2.75, 3.05) is 0 Å². The van der Waals surface area contributed by atoms with Gasteiger partial charge in [0.2, 0.25) is 0 Å². The van der Waals surface area contributed by atoms with E-state index in [0.717, 1.165) is 0 Å². The van der Waals surface area contributed by atoms with Crippen LogP contribution in [-0.4, -0.2) is 4.68 Å². The molecule has 0 radical (unpaired) electrons. The monoisotopic (exact) mass is 163 g/mol. The molecule has 0 bridgehead atoms. The molecule has 0 aromatic carbocycles. The molecule has 0 spiro atoms. The van der Waals surface area contributed by atoms with Crippen molar-refractivity contribution in [2.45, 2.75) is 33.7 Å². The molecule has 0 aliphatic carbocycles. The van der Waals surface area contributed by atoms with Gasteiger partial charge in [-0.1, -0.05) is 5.22 Å².